The van der Waals surface area contributed by atoms with Gasteiger partial charge in [0.05, 0.1) is 16.9 Å². The van der Waals surface area contributed by atoms with E-state index < -0.39 is 11.7 Å². The molecule has 6 N–H and O–H groups in total. The Morgan fingerprint density at radius 1 is 1.28 bits per heavy atom. The summed E-state index contributed by atoms with van der Waals surface area (Å²) in [6.45, 7) is 9.49. The summed E-state index contributed by atoms with van der Waals surface area (Å²) in [6.07, 6.45) is 0. The first-order chi connectivity index (χ1) is 13.6. The fraction of sp³-hybridized carbons (Fsp3) is 0.238. The highest BCUT2D eigenvalue weighted by Crippen LogP contribution is 2.34. The van der Waals surface area contributed by atoms with Gasteiger partial charge in [0.15, 0.2) is 0 Å². The minimum Gasteiger partial charge on any atom is -0.508 e. The molecule has 1 amide bonds. The number of rotatable bonds is 6. The first kappa shape index (κ1) is 21.7. The second kappa shape index (κ2) is 8.64. The van der Waals surface area contributed by atoms with Crippen molar-refractivity contribution in [1.82, 2.24) is 5.32 Å². The molecule has 2 aromatic rings. The van der Waals surface area contributed by atoms with Crippen LogP contribution in [0.4, 0.5) is 15.8 Å². The molecule has 7 nitrogen and oxygen atoms in total. The lowest BCUT2D eigenvalue weighted by Gasteiger charge is -2.27. The second-order valence-corrected chi connectivity index (χ2v) is 6.78. The molecule has 8 heteroatoms. The van der Waals surface area contributed by atoms with Gasteiger partial charge in [-0.15, -0.1) is 0 Å². The Kier molecular flexibility index (Phi) is 6.48. The quantitative estimate of drug-likeness (QED) is 0.220. The number of aromatic hydroxyl groups is 2. The molecule has 2 rings (SSSR count). The summed E-state index contributed by atoms with van der Waals surface area (Å²) >= 11 is 0. The minimum atomic E-state index is -0.721. The predicted octanol–water partition coefficient (Wildman–Crippen LogP) is 3.42. The summed E-state index contributed by atoms with van der Waals surface area (Å²) in [4.78, 5) is 13.5. The van der Waals surface area contributed by atoms with E-state index in [1.165, 1.54) is 18.2 Å². The second-order valence-electron chi connectivity index (χ2n) is 6.78. The largest absolute Gasteiger partial charge is 0.508 e. The molecule has 29 heavy (non-hydrogen) atoms. The number of benzene rings is 2. The van der Waals surface area contributed by atoms with E-state index in [4.69, 9.17) is 11.1 Å². The summed E-state index contributed by atoms with van der Waals surface area (Å²) in [5, 5.41) is 31.6. The number of nitrogens with one attached hydrogen (secondary N) is 2. The third-order valence-corrected chi connectivity index (χ3v) is 4.36. The third-order valence-electron chi connectivity index (χ3n) is 4.36. The maximum absolute atomic E-state index is 14.1. The Morgan fingerprint density at radius 2 is 1.93 bits per heavy atom. The monoisotopic (exact) mass is 400 g/mol. The number of anilines is 2. The number of nitrogens with zero attached hydrogens (tertiary/aromatic N) is 1. The van der Waals surface area contributed by atoms with E-state index in [2.05, 4.69) is 11.9 Å². The van der Waals surface area contributed by atoms with E-state index in [1.54, 1.807) is 6.92 Å². The fourth-order valence-corrected chi connectivity index (χ4v) is 2.81. The van der Waals surface area contributed by atoms with Gasteiger partial charge in [-0.2, -0.15) is 0 Å². The molecule has 0 aliphatic rings. The summed E-state index contributed by atoms with van der Waals surface area (Å²) in [5.41, 5.74) is 6.01. The first-order valence-corrected chi connectivity index (χ1v) is 9.05. The van der Waals surface area contributed by atoms with Crippen LogP contribution in [-0.4, -0.2) is 28.5 Å². The Balaban J connectivity index is 2.63. The van der Waals surface area contributed by atoms with E-state index in [-0.39, 0.29) is 45.9 Å². The average Bonchev–Trinajstić information content (AvgIpc) is 2.64. The van der Waals surface area contributed by atoms with Gasteiger partial charge >= 0.3 is 0 Å². The van der Waals surface area contributed by atoms with Crippen molar-refractivity contribution in [3.05, 3.63) is 59.6 Å². The third kappa shape index (κ3) is 4.48. The molecular formula is C21H25FN4O3. The van der Waals surface area contributed by atoms with E-state index >= 15 is 0 Å². The lowest BCUT2D eigenvalue weighted by molar-refractivity contribution is -0.117. The lowest BCUT2D eigenvalue weighted by atomic mass is 9.98. The number of carbonyl (C=O) groups excluding carboxylic acids is 1. The normalized spacial score (nSPS) is 10.7. The summed E-state index contributed by atoms with van der Waals surface area (Å²) < 4.78 is 14.1. The zero-order valence-electron chi connectivity index (χ0n) is 16.6. The SMILES string of the molecule is C=C(C(=O)NCC)N(C(=N)c1cc(C(C)C)c(O)cc1O)c1ccc(N)c(F)c1. The van der Waals surface area contributed by atoms with Crippen molar-refractivity contribution < 1.29 is 19.4 Å². The Hall–Kier alpha value is -3.55. The molecule has 0 heterocycles. The summed E-state index contributed by atoms with van der Waals surface area (Å²) in [7, 11) is 0. The van der Waals surface area contributed by atoms with Gasteiger partial charge in [-0.3, -0.25) is 15.1 Å². The number of hydrogen-bond acceptors (Lipinski definition) is 5. The van der Waals surface area contributed by atoms with Crippen LogP contribution in [0.2, 0.25) is 0 Å². The van der Waals surface area contributed by atoms with Crippen LogP contribution in [0.3, 0.4) is 0 Å². The molecule has 0 saturated carbocycles. The predicted molar refractivity (Wildman–Crippen MR) is 112 cm³/mol. The summed E-state index contributed by atoms with van der Waals surface area (Å²) in [6, 6.07) is 6.43. The maximum atomic E-state index is 14.1. The molecule has 0 atom stereocenters. The van der Waals surface area contributed by atoms with Crippen molar-refractivity contribution in [1.29, 1.82) is 5.41 Å². The van der Waals surface area contributed by atoms with Gasteiger partial charge in [-0.25, -0.2) is 4.39 Å². The van der Waals surface area contributed by atoms with Gasteiger partial charge in [-0.1, -0.05) is 20.4 Å². The van der Waals surface area contributed by atoms with Crippen LogP contribution < -0.4 is 16.0 Å². The molecular weight excluding hydrogens is 375 g/mol. The number of carbonyl (C=O) groups is 1. The average molecular weight is 400 g/mol. The molecule has 154 valence electrons. The smallest absolute Gasteiger partial charge is 0.267 e. The number of halogens is 1. The first-order valence-electron chi connectivity index (χ1n) is 9.05. The van der Waals surface area contributed by atoms with E-state index in [0.29, 0.717) is 12.1 Å². The van der Waals surface area contributed by atoms with Gasteiger partial charge in [0.2, 0.25) is 0 Å². The van der Waals surface area contributed by atoms with E-state index in [0.717, 1.165) is 17.0 Å². The van der Waals surface area contributed by atoms with Crippen molar-refractivity contribution in [3.63, 3.8) is 0 Å². The number of phenols is 2. The lowest BCUT2D eigenvalue weighted by Crippen LogP contribution is -2.38. The highest BCUT2D eigenvalue weighted by molar-refractivity contribution is 6.17. The zero-order chi connectivity index (χ0) is 21.9. The molecule has 0 radical (unpaired) electrons. The molecule has 0 aliphatic carbocycles. The Bertz CT molecular complexity index is 973. The van der Waals surface area contributed by atoms with Gasteiger partial charge in [-0.05, 0) is 36.6 Å². The molecule has 0 unspecified atom stereocenters. The Morgan fingerprint density at radius 3 is 2.48 bits per heavy atom. The van der Waals surface area contributed by atoms with Gasteiger partial charge in [0, 0.05) is 18.7 Å². The van der Waals surface area contributed by atoms with Crippen LogP contribution >= 0.6 is 0 Å². The number of nitrogen functional groups attached to an aromatic ring is 1. The number of amides is 1. The van der Waals surface area contributed by atoms with Gasteiger partial charge in [0.1, 0.15) is 28.8 Å². The number of amidine groups is 1. The van der Waals surface area contributed by atoms with Crippen molar-refractivity contribution in [2.24, 2.45) is 0 Å². The maximum Gasteiger partial charge on any atom is 0.267 e. The van der Waals surface area contributed by atoms with E-state index in [1.807, 2.05) is 13.8 Å². The molecule has 0 aromatic heterocycles. The fourth-order valence-electron chi connectivity index (χ4n) is 2.81. The van der Waals surface area contributed by atoms with Gasteiger partial charge in [0.25, 0.3) is 5.91 Å². The number of likely N-dealkylation sites (N-methyl/N-ethyl adjacent to an activating group) is 1. The highest BCUT2D eigenvalue weighted by Gasteiger charge is 2.26. The van der Waals surface area contributed by atoms with Crippen LogP contribution in [0, 0.1) is 11.2 Å². The Labute approximate surface area is 168 Å². The topological polar surface area (TPSA) is 123 Å². The van der Waals surface area contributed by atoms with Gasteiger partial charge < -0.3 is 21.3 Å². The van der Waals surface area contributed by atoms with Crippen LogP contribution in [0.15, 0.2) is 42.6 Å². The minimum absolute atomic E-state index is 0.0502. The van der Waals surface area contributed by atoms with Crippen LogP contribution in [0.25, 0.3) is 0 Å². The summed E-state index contributed by atoms with van der Waals surface area (Å²) in [5.74, 6) is -2.15. The molecule has 0 aliphatic heterocycles. The van der Waals surface area contributed by atoms with Crippen molar-refractivity contribution in [2.45, 2.75) is 26.7 Å². The van der Waals surface area contributed by atoms with Crippen LogP contribution in [0.1, 0.15) is 37.8 Å². The molecule has 0 spiro atoms. The molecule has 2 aromatic carbocycles. The molecule has 0 bridgehead atoms. The number of hydrogen-bond donors (Lipinski definition) is 5. The van der Waals surface area contributed by atoms with Crippen molar-refractivity contribution >= 4 is 23.1 Å². The van der Waals surface area contributed by atoms with Crippen LogP contribution in [-0.2, 0) is 4.79 Å². The van der Waals surface area contributed by atoms with Crippen molar-refractivity contribution in [3.8, 4) is 11.5 Å². The highest BCUT2D eigenvalue weighted by atomic mass is 19.1. The van der Waals surface area contributed by atoms with Crippen molar-refractivity contribution in [2.75, 3.05) is 17.2 Å². The number of nitrogens with two attached hydrogens (primary N) is 1. The zero-order valence-corrected chi connectivity index (χ0v) is 16.6. The molecule has 0 fully saturated rings. The van der Waals surface area contributed by atoms with Crippen LogP contribution in [0.5, 0.6) is 11.5 Å². The molecule has 0 saturated heterocycles. The number of phenolic OH excluding ortho intramolecular Hbond substituents is 2. The van der Waals surface area contributed by atoms with E-state index in [9.17, 15) is 19.4 Å². The standard InChI is InChI=1S/C21H25FN4O3/c1-5-25-21(29)12(4)26(13-6-7-17(23)16(22)8-13)20(24)15-9-14(11(2)3)18(27)10-19(15)28/h6-11,24,27-28H,4-5,23H2,1-3H3,(H,25,29).